The number of amides is 1. The summed E-state index contributed by atoms with van der Waals surface area (Å²) in [5.41, 5.74) is 4.12. The van der Waals surface area contributed by atoms with Crippen LogP contribution in [0.15, 0.2) is 41.4 Å². The minimum atomic E-state index is -0.249. The zero-order valence-corrected chi connectivity index (χ0v) is 16.5. The Bertz CT molecular complexity index is 1010. The van der Waals surface area contributed by atoms with Crippen molar-refractivity contribution in [3.63, 3.8) is 0 Å². The molecule has 0 aliphatic heterocycles. The molecule has 0 radical (unpaired) electrons. The predicted octanol–water partition coefficient (Wildman–Crippen LogP) is 4.78. The molecule has 0 saturated carbocycles. The third kappa shape index (κ3) is 3.88. The Morgan fingerprint density at radius 1 is 1.19 bits per heavy atom. The van der Waals surface area contributed by atoms with E-state index in [4.69, 9.17) is 4.74 Å². The number of nitrogens with zero attached hydrogens (tertiary/aromatic N) is 2. The fourth-order valence-electron chi connectivity index (χ4n) is 2.69. The molecule has 0 aliphatic rings. The van der Waals surface area contributed by atoms with Gasteiger partial charge in [-0.1, -0.05) is 30.7 Å². The van der Waals surface area contributed by atoms with Gasteiger partial charge in [-0.25, -0.2) is 0 Å². The van der Waals surface area contributed by atoms with E-state index in [0.717, 1.165) is 23.1 Å². The molecule has 4 nitrogen and oxygen atoms in total. The number of rotatable bonds is 5. The third-order valence-corrected chi connectivity index (χ3v) is 5.56. The fraction of sp³-hybridized carbons (Fsp3) is 0.333. The summed E-state index contributed by atoms with van der Waals surface area (Å²) in [5.74, 6) is 0.466. The van der Waals surface area contributed by atoms with Gasteiger partial charge in [0.1, 0.15) is 5.75 Å². The van der Waals surface area contributed by atoms with Gasteiger partial charge in [-0.3, -0.25) is 4.79 Å². The molecule has 1 amide bonds. The first-order valence-electron chi connectivity index (χ1n) is 8.88. The number of aryl methyl sites for hydroxylation is 3. The number of ether oxygens (including phenoxy) is 1. The van der Waals surface area contributed by atoms with Crippen LogP contribution in [0.4, 0.5) is 0 Å². The lowest BCUT2D eigenvalue weighted by Crippen LogP contribution is -2.13. The Labute approximate surface area is 157 Å². The smallest absolute Gasteiger partial charge is 0.279 e. The maximum absolute atomic E-state index is 12.6. The molecular formula is C21H24N2O2S. The summed E-state index contributed by atoms with van der Waals surface area (Å²) < 4.78 is 8.80. The molecule has 0 spiro atoms. The second-order valence-corrected chi connectivity index (χ2v) is 7.50. The van der Waals surface area contributed by atoms with Crippen LogP contribution in [-0.4, -0.2) is 17.1 Å². The lowest BCUT2D eigenvalue weighted by atomic mass is 10.1. The van der Waals surface area contributed by atoms with E-state index in [9.17, 15) is 4.79 Å². The quantitative estimate of drug-likeness (QED) is 0.609. The minimum Gasteiger partial charge on any atom is -0.494 e. The highest BCUT2D eigenvalue weighted by atomic mass is 32.1. The zero-order valence-electron chi connectivity index (χ0n) is 15.7. The van der Waals surface area contributed by atoms with Gasteiger partial charge in [0.15, 0.2) is 4.80 Å². The van der Waals surface area contributed by atoms with E-state index in [1.54, 1.807) is 12.1 Å². The van der Waals surface area contributed by atoms with Crippen LogP contribution in [0.25, 0.3) is 10.2 Å². The van der Waals surface area contributed by atoms with Crippen LogP contribution in [0.3, 0.4) is 0 Å². The number of thiazole rings is 1. The molecule has 1 aromatic heterocycles. The summed E-state index contributed by atoms with van der Waals surface area (Å²) in [6, 6.07) is 11.6. The van der Waals surface area contributed by atoms with Gasteiger partial charge in [0.25, 0.3) is 5.91 Å². The Morgan fingerprint density at radius 3 is 2.73 bits per heavy atom. The largest absolute Gasteiger partial charge is 0.494 e. The first kappa shape index (κ1) is 18.4. The van der Waals surface area contributed by atoms with Crippen molar-refractivity contribution in [1.29, 1.82) is 0 Å². The number of carbonyl (C=O) groups is 1. The first-order valence-corrected chi connectivity index (χ1v) is 9.70. The van der Waals surface area contributed by atoms with E-state index in [1.807, 2.05) is 23.7 Å². The predicted molar refractivity (Wildman–Crippen MR) is 107 cm³/mol. The van der Waals surface area contributed by atoms with E-state index in [0.29, 0.717) is 22.7 Å². The van der Waals surface area contributed by atoms with Gasteiger partial charge in [0.05, 0.1) is 16.8 Å². The molecule has 5 heteroatoms. The van der Waals surface area contributed by atoms with Crippen LogP contribution >= 0.6 is 11.3 Å². The lowest BCUT2D eigenvalue weighted by molar-refractivity contribution is 0.0997. The summed E-state index contributed by atoms with van der Waals surface area (Å²) in [5, 5.41) is 0. The molecule has 26 heavy (non-hydrogen) atoms. The minimum absolute atomic E-state index is 0.249. The Balaban J connectivity index is 1.92. The standard InChI is InChI=1S/C21H24N2O2S/c1-5-6-10-25-17-9-7-8-16(13-17)20(24)22-21-23(4)18-11-14(2)15(3)12-19(18)26-21/h7-9,11-13H,5-6,10H2,1-4H3. The van der Waals surface area contributed by atoms with Gasteiger partial charge in [-0.05, 0) is 61.7 Å². The highest BCUT2D eigenvalue weighted by molar-refractivity contribution is 7.16. The number of fused-ring (bicyclic) bond motifs is 1. The maximum atomic E-state index is 12.6. The Morgan fingerprint density at radius 2 is 1.96 bits per heavy atom. The number of aromatic nitrogens is 1. The average Bonchev–Trinajstić information content (AvgIpc) is 2.91. The summed E-state index contributed by atoms with van der Waals surface area (Å²) >= 11 is 1.54. The fourth-order valence-corrected chi connectivity index (χ4v) is 3.79. The number of hydrogen-bond donors (Lipinski definition) is 0. The SMILES string of the molecule is CCCCOc1cccc(C(=O)N=c2sc3cc(C)c(C)cc3n2C)c1. The van der Waals surface area contributed by atoms with Crippen molar-refractivity contribution in [2.45, 2.75) is 33.6 Å². The van der Waals surface area contributed by atoms with E-state index < -0.39 is 0 Å². The summed E-state index contributed by atoms with van der Waals surface area (Å²) in [6.45, 7) is 6.98. The molecule has 0 saturated heterocycles. The molecule has 3 aromatic rings. The van der Waals surface area contributed by atoms with Crippen molar-refractivity contribution in [3.8, 4) is 5.75 Å². The number of unbranched alkanes of at least 4 members (excludes halogenated alkanes) is 1. The molecule has 0 bridgehead atoms. The van der Waals surface area contributed by atoms with E-state index >= 15 is 0 Å². The van der Waals surface area contributed by atoms with Crippen molar-refractivity contribution in [2.24, 2.45) is 12.0 Å². The van der Waals surface area contributed by atoms with Crippen LogP contribution in [0, 0.1) is 13.8 Å². The normalized spacial score (nSPS) is 11.9. The molecule has 0 unspecified atom stereocenters. The highest BCUT2D eigenvalue weighted by Crippen LogP contribution is 2.21. The first-order chi connectivity index (χ1) is 12.5. The van der Waals surface area contributed by atoms with Gasteiger partial charge in [0, 0.05) is 12.6 Å². The van der Waals surface area contributed by atoms with Crippen molar-refractivity contribution in [2.75, 3.05) is 6.61 Å². The molecule has 0 aliphatic carbocycles. The van der Waals surface area contributed by atoms with Crippen LogP contribution in [0.2, 0.25) is 0 Å². The molecule has 0 atom stereocenters. The Kier molecular flexibility index (Phi) is 5.57. The lowest BCUT2D eigenvalue weighted by Gasteiger charge is -2.05. The molecule has 0 N–H and O–H groups in total. The second-order valence-electron chi connectivity index (χ2n) is 6.49. The van der Waals surface area contributed by atoms with Crippen molar-refractivity contribution >= 4 is 27.5 Å². The Hall–Kier alpha value is -2.40. The molecule has 0 fully saturated rings. The summed E-state index contributed by atoms with van der Waals surface area (Å²) in [4.78, 5) is 17.7. The van der Waals surface area contributed by atoms with Gasteiger partial charge >= 0.3 is 0 Å². The van der Waals surface area contributed by atoms with E-state index in [-0.39, 0.29) is 5.91 Å². The van der Waals surface area contributed by atoms with Crippen LogP contribution in [0.5, 0.6) is 5.75 Å². The van der Waals surface area contributed by atoms with Crippen molar-refractivity contribution in [3.05, 3.63) is 57.9 Å². The topological polar surface area (TPSA) is 43.6 Å². The number of hydrogen-bond acceptors (Lipinski definition) is 3. The number of benzene rings is 2. The third-order valence-electron chi connectivity index (χ3n) is 4.47. The van der Waals surface area contributed by atoms with Crippen LogP contribution < -0.4 is 9.54 Å². The summed E-state index contributed by atoms with van der Waals surface area (Å²) in [7, 11) is 1.95. The van der Waals surface area contributed by atoms with Gasteiger partial charge < -0.3 is 9.30 Å². The van der Waals surface area contributed by atoms with Crippen molar-refractivity contribution in [1.82, 2.24) is 4.57 Å². The van der Waals surface area contributed by atoms with Crippen molar-refractivity contribution < 1.29 is 9.53 Å². The zero-order chi connectivity index (χ0) is 18.7. The van der Waals surface area contributed by atoms with Gasteiger partial charge in [-0.15, -0.1) is 0 Å². The van der Waals surface area contributed by atoms with E-state index in [1.165, 1.54) is 22.5 Å². The maximum Gasteiger partial charge on any atom is 0.279 e. The molecule has 3 rings (SSSR count). The second kappa shape index (κ2) is 7.87. The average molecular weight is 369 g/mol. The summed E-state index contributed by atoms with van der Waals surface area (Å²) in [6.07, 6.45) is 2.08. The monoisotopic (exact) mass is 368 g/mol. The molecule has 136 valence electrons. The van der Waals surface area contributed by atoms with Gasteiger partial charge in [0.2, 0.25) is 0 Å². The van der Waals surface area contributed by atoms with Gasteiger partial charge in [-0.2, -0.15) is 4.99 Å². The van der Waals surface area contributed by atoms with Crippen LogP contribution in [0.1, 0.15) is 41.3 Å². The molecule has 2 aromatic carbocycles. The highest BCUT2D eigenvalue weighted by Gasteiger charge is 2.09. The number of carbonyl (C=O) groups excluding carboxylic acids is 1. The molecule has 1 heterocycles. The van der Waals surface area contributed by atoms with Crippen LogP contribution in [-0.2, 0) is 7.05 Å². The van der Waals surface area contributed by atoms with E-state index in [2.05, 4.69) is 37.9 Å². The molecular weight excluding hydrogens is 344 g/mol.